The van der Waals surface area contributed by atoms with E-state index in [1.165, 1.54) is 11.1 Å². The molecule has 7 heteroatoms. The highest BCUT2D eigenvalue weighted by Crippen LogP contribution is 2.37. The molecule has 2 fully saturated rings. The van der Waals surface area contributed by atoms with Gasteiger partial charge in [0.1, 0.15) is 0 Å². The summed E-state index contributed by atoms with van der Waals surface area (Å²) in [5, 5.41) is 12.1. The van der Waals surface area contributed by atoms with Crippen molar-refractivity contribution in [2.75, 3.05) is 39.3 Å². The molecule has 1 amide bonds. The predicted octanol–water partition coefficient (Wildman–Crippen LogP) is 3.48. The number of aliphatic hydroxyl groups is 1. The Balaban J connectivity index is 1.19. The number of hydrogen-bond donors (Lipinski definition) is 1. The topological polar surface area (TPSA) is 47.0 Å². The first kappa shape index (κ1) is 21.2. The summed E-state index contributed by atoms with van der Waals surface area (Å²) in [7, 11) is 0. The Morgan fingerprint density at radius 2 is 1.58 bits per heavy atom. The molecule has 2 heterocycles. The monoisotopic (exact) mass is 459 g/mol. The van der Waals surface area contributed by atoms with Crippen LogP contribution >= 0.6 is 23.2 Å². The van der Waals surface area contributed by atoms with Gasteiger partial charge in [0.15, 0.2) is 0 Å². The van der Waals surface area contributed by atoms with E-state index < -0.39 is 6.10 Å². The SMILES string of the molecule is O=C(c1ccc(Cl)cc1)N1CC(O)C(N2CCN(C3CCc4cc(Cl)ccc43)CC2)C1. The molecule has 0 saturated carbocycles. The Morgan fingerprint density at radius 1 is 0.903 bits per heavy atom. The largest absolute Gasteiger partial charge is 0.390 e. The van der Waals surface area contributed by atoms with E-state index >= 15 is 0 Å². The third-order valence-corrected chi connectivity index (χ3v) is 7.53. The van der Waals surface area contributed by atoms with Crippen LogP contribution < -0.4 is 0 Å². The van der Waals surface area contributed by atoms with E-state index in [0.717, 1.165) is 44.0 Å². The summed E-state index contributed by atoms with van der Waals surface area (Å²) in [6.07, 6.45) is 1.71. The van der Waals surface area contributed by atoms with Gasteiger partial charge in [-0.2, -0.15) is 0 Å². The lowest BCUT2D eigenvalue weighted by molar-refractivity contribution is 0.0309. The molecule has 2 aromatic rings. The molecular formula is C24H27Cl2N3O2. The van der Waals surface area contributed by atoms with E-state index in [1.54, 1.807) is 29.2 Å². The smallest absolute Gasteiger partial charge is 0.253 e. The maximum Gasteiger partial charge on any atom is 0.253 e. The van der Waals surface area contributed by atoms with Gasteiger partial charge in [0.05, 0.1) is 12.1 Å². The zero-order chi connectivity index (χ0) is 21.5. The fraction of sp³-hybridized carbons (Fsp3) is 0.458. The third kappa shape index (κ3) is 4.22. The Bertz CT molecular complexity index is 960. The Kier molecular flexibility index (Phi) is 5.97. The van der Waals surface area contributed by atoms with Crippen LogP contribution in [0.3, 0.4) is 0 Å². The molecule has 31 heavy (non-hydrogen) atoms. The van der Waals surface area contributed by atoms with Crippen LogP contribution in [0.25, 0.3) is 0 Å². The maximum absolute atomic E-state index is 12.8. The molecule has 1 N–H and O–H groups in total. The van der Waals surface area contributed by atoms with Crippen LogP contribution in [0, 0.1) is 0 Å². The first-order valence-electron chi connectivity index (χ1n) is 11.0. The summed E-state index contributed by atoms with van der Waals surface area (Å²) in [6, 6.07) is 13.7. The average Bonchev–Trinajstić information content (AvgIpc) is 3.37. The lowest BCUT2D eigenvalue weighted by Gasteiger charge is -2.41. The molecule has 3 aliphatic rings. The second kappa shape index (κ2) is 8.72. The second-order valence-electron chi connectivity index (χ2n) is 8.82. The number of piperazine rings is 1. The normalized spacial score (nSPS) is 26.9. The minimum absolute atomic E-state index is 0.00642. The minimum atomic E-state index is -0.517. The maximum atomic E-state index is 12.8. The standard InChI is InChI=1S/C24H27Cl2N3O2/c25-18-4-1-16(2-5-18)24(31)29-14-22(23(30)15-29)28-11-9-27(10-12-28)21-8-3-17-13-19(26)6-7-20(17)21/h1-2,4-7,13,21-23,30H,3,8-12,14-15H2. The highest BCUT2D eigenvalue weighted by atomic mass is 35.5. The zero-order valence-corrected chi connectivity index (χ0v) is 18.9. The molecule has 5 nitrogen and oxygen atoms in total. The van der Waals surface area contributed by atoms with Gasteiger partial charge in [-0.05, 0) is 60.4 Å². The molecule has 3 atom stereocenters. The van der Waals surface area contributed by atoms with E-state index in [1.807, 2.05) is 6.07 Å². The van der Waals surface area contributed by atoms with Crippen LogP contribution in [0.2, 0.25) is 10.0 Å². The highest BCUT2D eigenvalue weighted by Gasteiger charge is 2.40. The zero-order valence-electron chi connectivity index (χ0n) is 17.4. The van der Waals surface area contributed by atoms with E-state index in [0.29, 0.717) is 29.7 Å². The van der Waals surface area contributed by atoms with Gasteiger partial charge in [0.2, 0.25) is 0 Å². The van der Waals surface area contributed by atoms with Crippen molar-refractivity contribution in [3.63, 3.8) is 0 Å². The average molecular weight is 460 g/mol. The number of carbonyl (C=O) groups is 1. The molecule has 164 valence electrons. The summed E-state index contributed by atoms with van der Waals surface area (Å²) in [4.78, 5) is 19.5. The Morgan fingerprint density at radius 3 is 2.32 bits per heavy atom. The summed E-state index contributed by atoms with van der Waals surface area (Å²) < 4.78 is 0. The molecule has 2 aromatic carbocycles. The fourth-order valence-corrected chi connectivity index (χ4v) is 5.71. The number of benzene rings is 2. The van der Waals surface area contributed by atoms with Crippen molar-refractivity contribution >= 4 is 29.1 Å². The molecular weight excluding hydrogens is 433 g/mol. The van der Waals surface area contributed by atoms with Crippen molar-refractivity contribution in [3.8, 4) is 0 Å². The number of aryl methyl sites for hydroxylation is 1. The predicted molar refractivity (Wildman–Crippen MR) is 123 cm³/mol. The van der Waals surface area contributed by atoms with Gasteiger partial charge < -0.3 is 10.0 Å². The van der Waals surface area contributed by atoms with Gasteiger partial charge in [-0.3, -0.25) is 14.6 Å². The van der Waals surface area contributed by atoms with Gasteiger partial charge in [-0.1, -0.05) is 29.3 Å². The van der Waals surface area contributed by atoms with Crippen LogP contribution in [0.5, 0.6) is 0 Å². The Hall–Kier alpha value is -1.63. The van der Waals surface area contributed by atoms with Gasteiger partial charge in [-0.15, -0.1) is 0 Å². The number of hydrogen-bond acceptors (Lipinski definition) is 4. The van der Waals surface area contributed by atoms with Gasteiger partial charge in [0, 0.05) is 60.9 Å². The van der Waals surface area contributed by atoms with Crippen molar-refractivity contribution in [2.24, 2.45) is 0 Å². The molecule has 0 aromatic heterocycles. The first-order chi connectivity index (χ1) is 15.0. The third-order valence-electron chi connectivity index (χ3n) is 7.05. The van der Waals surface area contributed by atoms with Gasteiger partial charge >= 0.3 is 0 Å². The second-order valence-corrected chi connectivity index (χ2v) is 9.69. The number of carbonyl (C=O) groups excluding carboxylic acids is 1. The number of halogens is 2. The molecule has 2 aliphatic heterocycles. The van der Waals surface area contributed by atoms with Crippen LogP contribution in [0.1, 0.15) is 33.9 Å². The number of nitrogens with zero attached hydrogens (tertiary/aromatic N) is 3. The first-order valence-corrected chi connectivity index (χ1v) is 11.7. The fourth-order valence-electron chi connectivity index (χ4n) is 5.39. The summed E-state index contributed by atoms with van der Waals surface area (Å²) in [5.41, 5.74) is 3.41. The molecule has 0 bridgehead atoms. The molecule has 2 saturated heterocycles. The summed E-state index contributed by atoms with van der Waals surface area (Å²) in [6.45, 7) is 4.70. The van der Waals surface area contributed by atoms with Crippen LogP contribution in [-0.2, 0) is 6.42 Å². The lowest BCUT2D eigenvalue weighted by atomic mass is 10.1. The minimum Gasteiger partial charge on any atom is -0.390 e. The number of aliphatic hydroxyl groups excluding tert-OH is 1. The van der Waals surface area contributed by atoms with Gasteiger partial charge in [-0.25, -0.2) is 0 Å². The summed E-state index contributed by atoms with van der Waals surface area (Å²) >= 11 is 12.1. The van der Waals surface area contributed by atoms with Crippen LogP contribution in [0.15, 0.2) is 42.5 Å². The molecule has 1 aliphatic carbocycles. The Labute approximate surface area is 193 Å². The van der Waals surface area contributed by atoms with Crippen molar-refractivity contribution in [3.05, 3.63) is 69.2 Å². The van der Waals surface area contributed by atoms with Crippen molar-refractivity contribution < 1.29 is 9.90 Å². The number of fused-ring (bicyclic) bond motifs is 1. The van der Waals surface area contributed by atoms with Crippen LogP contribution in [-0.4, -0.2) is 77.1 Å². The van der Waals surface area contributed by atoms with Crippen molar-refractivity contribution in [1.82, 2.24) is 14.7 Å². The molecule has 0 radical (unpaired) electrons. The van der Waals surface area contributed by atoms with Crippen molar-refractivity contribution in [1.29, 1.82) is 0 Å². The molecule has 0 spiro atoms. The lowest BCUT2D eigenvalue weighted by Crippen LogP contribution is -2.54. The quantitative estimate of drug-likeness (QED) is 0.762. The molecule has 5 rings (SSSR count). The van der Waals surface area contributed by atoms with E-state index in [2.05, 4.69) is 21.9 Å². The van der Waals surface area contributed by atoms with E-state index in [4.69, 9.17) is 23.2 Å². The number of likely N-dealkylation sites (tertiary alicyclic amines) is 1. The number of rotatable bonds is 3. The number of β-amino-alcohol motifs (C(OH)–C–C–N with tert-alkyl or cyclic N) is 1. The van der Waals surface area contributed by atoms with E-state index in [-0.39, 0.29) is 11.9 Å². The van der Waals surface area contributed by atoms with Crippen molar-refractivity contribution in [2.45, 2.75) is 31.0 Å². The van der Waals surface area contributed by atoms with E-state index in [9.17, 15) is 9.90 Å². The molecule has 3 unspecified atom stereocenters. The van der Waals surface area contributed by atoms with Gasteiger partial charge in [0.25, 0.3) is 5.91 Å². The summed E-state index contributed by atoms with van der Waals surface area (Å²) in [5.74, 6) is -0.0434. The number of amides is 1. The highest BCUT2D eigenvalue weighted by molar-refractivity contribution is 6.31. The van der Waals surface area contributed by atoms with Crippen LogP contribution in [0.4, 0.5) is 0 Å².